The number of fused-ring (bicyclic) bond motifs is 1. The zero-order valence-electron chi connectivity index (χ0n) is 14.7. The molecule has 5 nitrogen and oxygen atoms in total. The Morgan fingerprint density at radius 3 is 2.58 bits per heavy atom. The first-order chi connectivity index (χ1) is 12.6. The second-order valence-corrected chi connectivity index (χ2v) is 7.74. The summed E-state index contributed by atoms with van der Waals surface area (Å²) in [6, 6.07) is 12.8. The molecule has 2 aliphatic carbocycles. The molecule has 2 saturated carbocycles. The van der Waals surface area contributed by atoms with E-state index in [4.69, 9.17) is 5.11 Å². The third-order valence-electron chi connectivity index (χ3n) is 6.49. The molecule has 1 spiro atoms. The number of hydrogen-bond donors (Lipinski definition) is 1. The summed E-state index contributed by atoms with van der Waals surface area (Å²) in [6.07, 6.45) is 11.0. The normalized spacial score (nSPS) is 31.2. The van der Waals surface area contributed by atoms with Gasteiger partial charge in [0.05, 0.1) is 5.56 Å². The molecule has 1 aliphatic heterocycles. The summed E-state index contributed by atoms with van der Waals surface area (Å²) in [6.45, 7) is 0. The molecule has 26 heavy (non-hydrogen) atoms. The first-order valence-corrected chi connectivity index (χ1v) is 9.25. The maximum atomic E-state index is 10.6. The van der Waals surface area contributed by atoms with Crippen LogP contribution in [0.3, 0.4) is 0 Å². The zero-order valence-corrected chi connectivity index (χ0v) is 14.7. The van der Waals surface area contributed by atoms with Crippen LogP contribution in [0.15, 0.2) is 54.9 Å². The molecule has 0 amide bonds. The molecule has 2 unspecified atom stereocenters. The molecule has 3 atom stereocenters. The Bertz CT molecular complexity index is 824. The summed E-state index contributed by atoms with van der Waals surface area (Å²) < 4.78 is 1.69. The maximum Gasteiger partial charge on any atom is 0.335 e. The third kappa shape index (κ3) is 2.54. The summed E-state index contributed by atoms with van der Waals surface area (Å²) in [5.41, 5.74) is 12.4. The van der Waals surface area contributed by atoms with Crippen molar-refractivity contribution >= 4 is 5.97 Å². The Morgan fingerprint density at radius 2 is 1.96 bits per heavy atom. The molecule has 1 N–H and O–H groups in total. The van der Waals surface area contributed by atoms with Gasteiger partial charge in [0.2, 0.25) is 0 Å². The number of rotatable bonds is 2. The van der Waals surface area contributed by atoms with Crippen molar-refractivity contribution in [2.24, 2.45) is 5.41 Å². The summed E-state index contributed by atoms with van der Waals surface area (Å²) in [5, 5.41) is 8.38. The van der Waals surface area contributed by atoms with Gasteiger partial charge < -0.3 is 15.3 Å². The van der Waals surface area contributed by atoms with E-state index in [2.05, 4.69) is 11.1 Å². The van der Waals surface area contributed by atoms with Gasteiger partial charge in [0.15, 0.2) is 5.54 Å². The molecule has 2 aromatic rings. The lowest BCUT2D eigenvalue weighted by Crippen LogP contribution is -2.39. The predicted molar refractivity (Wildman–Crippen MR) is 96.9 cm³/mol. The molecule has 1 saturated heterocycles. The summed E-state index contributed by atoms with van der Waals surface area (Å²) in [4.78, 5) is 14.4. The van der Waals surface area contributed by atoms with Crippen LogP contribution < -0.4 is 0 Å². The highest BCUT2D eigenvalue weighted by Gasteiger charge is 2.69. The highest BCUT2D eigenvalue weighted by Crippen LogP contribution is 2.65. The van der Waals surface area contributed by atoms with Gasteiger partial charge in [-0.3, -0.25) is 4.98 Å². The molecular formula is C21H23N3O2. The van der Waals surface area contributed by atoms with E-state index in [1.165, 1.54) is 31.2 Å². The molecule has 3 aliphatic rings. The van der Waals surface area contributed by atoms with E-state index in [9.17, 15) is 10.3 Å². The third-order valence-corrected chi connectivity index (χ3v) is 6.49. The van der Waals surface area contributed by atoms with E-state index >= 15 is 0 Å². The maximum absolute atomic E-state index is 10.6. The fourth-order valence-electron chi connectivity index (χ4n) is 5.31. The molecule has 5 heteroatoms. The van der Waals surface area contributed by atoms with Gasteiger partial charge in [-0.1, -0.05) is 18.2 Å². The topological polar surface area (TPSA) is 75.5 Å². The minimum atomic E-state index is -0.879. The smallest absolute Gasteiger partial charge is 0.335 e. The first-order valence-electron chi connectivity index (χ1n) is 9.25. The van der Waals surface area contributed by atoms with Gasteiger partial charge in [0, 0.05) is 42.6 Å². The average Bonchev–Trinajstić information content (AvgIpc) is 3.34. The Labute approximate surface area is 153 Å². The highest BCUT2D eigenvalue weighted by molar-refractivity contribution is 5.87. The van der Waals surface area contributed by atoms with Gasteiger partial charge in [-0.2, -0.15) is 0 Å². The van der Waals surface area contributed by atoms with Crippen LogP contribution in [-0.4, -0.2) is 26.8 Å². The minimum Gasteiger partial charge on any atom is -0.506 e. The lowest BCUT2D eigenvalue weighted by Gasteiger charge is -2.32. The number of aromatic nitrogens is 1. The van der Waals surface area contributed by atoms with E-state index in [1.54, 1.807) is 35.0 Å². The van der Waals surface area contributed by atoms with E-state index < -0.39 is 5.97 Å². The Hall–Kier alpha value is -2.56. The number of pyridine rings is 1. The highest BCUT2D eigenvalue weighted by atomic mass is 16.4. The number of carboxylic acid groups (broad SMARTS) is 1. The summed E-state index contributed by atoms with van der Waals surface area (Å²) >= 11 is 0. The van der Waals surface area contributed by atoms with Gasteiger partial charge >= 0.3 is 5.97 Å². The van der Waals surface area contributed by atoms with E-state index in [-0.39, 0.29) is 5.54 Å². The van der Waals surface area contributed by atoms with Crippen molar-refractivity contribution in [2.75, 3.05) is 0 Å². The number of nitrogens with zero attached hydrogens (tertiary/aromatic N) is 3. The van der Waals surface area contributed by atoms with Crippen molar-refractivity contribution in [2.45, 2.75) is 50.1 Å². The van der Waals surface area contributed by atoms with E-state index in [0.29, 0.717) is 17.0 Å². The number of piperidine rings is 1. The number of carboxylic acids is 1. The van der Waals surface area contributed by atoms with Crippen LogP contribution in [0.5, 0.6) is 0 Å². The van der Waals surface area contributed by atoms with Crippen molar-refractivity contribution in [3.63, 3.8) is 0 Å². The quantitative estimate of drug-likeness (QED) is 0.815. The van der Waals surface area contributed by atoms with E-state index in [0.717, 1.165) is 12.8 Å². The molecule has 0 radical (unpaired) electrons. The second kappa shape index (κ2) is 6.31. The molecule has 134 valence electrons. The number of benzene rings is 1. The number of aromatic carboxylic acids is 1. The summed E-state index contributed by atoms with van der Waals surface area (Å²) in [7, 11) is 0. The van der Waals surface area contributed by atoms with Crippen LogP contribution in [0.25, 0.3) is 5.53 Å². The Morgan fingerprint density at radius 1 is 1.15 bits per heavy atom. The second-order valence-electron chi connectivity index (χ2n) is 7.74. The van der Waals surface area contributed by atoms with Crippen LogP contribution >= 0.6 is 0 Å². The van der Waals surface area contributed by atoms with Gasteiger partial charge in [-0.25, -0.2) is 4.79 Å². The van der Waals surface area contributed by atoms with Crippen molar-refractivity contribution in [1.82, 2.24) is 4.98 Å². The lowest BCUT2D eigenvalue weighted by atomic mass is 9.82. The van der Waals surface area contributed by atoms with Gasteiger partial charge in [0.25, 0.3) is 0 Å². The number of hydrogen-bond acceptors (Lipinski definition) is 2. The summed E-state index contributed by atoms with van der Waals surface area (Å²) in [5.74, 6) is -0.879. The molecular weight excluding hydrogens is 326 g/mol. The average molecular weight is 349 g/mol. The molecule has 5 rings (SSSR count). The SMILES string of the molecule is O=C(O)c1ccccc1.[N-]=[N+]1C2CCCC23CC[C@@]1(c1cccnc1)C3. The largest absolute Gasteiger partial charge is 0.506 e. The van der Waals surface area contributed by atoms with E-state index in [1.807, 2.05) is 18.5 Å². The van der Waals surface area contributed by atoms with Crippen LogP contribution in [-0.2, 0) is 5.54 Å². The van der Waals surface area contributed by atoms with Gasteiger partial charge in [-0.15, -0.1) is 0 Å². The fourth-order valence-corrected chi connectivity index (χ4v) is 5.31. The Balaban J connectivity index is 0.000000160. The zero-order chi connectivity index (χ0) is 18.2. The van der Waals surface area contributed by atoms with Gasteiger partial charge in [0.1, 0.15) is 6.04 Å². The predicted octanol–water partition coefficient (Wildman–Crippen LogP) is 4.43. The molecule has 2 bridgehead atoms. The standard InChI is InChI=1S/C14H17N3.C7H6O2/c15-17-12-4-1-5-13(12)6-7-14(17,10-13)11-3-2-8-16-9-11;8-7(9)6-4-2-1-3-5-6/h2-3,8-9,12H,1,4-7,10H2;1-5H,(H,8,9)/t12?,13?,14-;/m0./s1. The first kappa shape index (κ1) is 16.9. The molecule has 2 heterocycles. The minimum absolute atomic E-state index is 0.126. The van der Waals surface area contributed by atoms with Crippen LogP contribution in [0.1, 0.15) is 54.4 Å². The van der Waals surface area contributed by atoms with Crippen LogP contribution in [0, 0.1) is 5.41 Å². The van der Waals surface area contributed by atoms with Crippen LogP contribution in [0.4, 0.5) is 0 Å². The van der Waals surface area contributed by atoms with Crippen molar-refractivity contribution < 1.29 is 14.6 Å². The lowest BCUT2D eigenvalue weighted by molar-refractivity contribution is -0.657. The monoisotopic (exact) mass is 349 g/mol. The molecule has 1 aromatic carbocycles. The van der Waals surface area contributed by atoms with Crippen molar-refractivity contribution in [3.8, 4) is 0 Å². The molecule has 3 fully saturated rings. The fraction of sp³-hybridized carbons (Fsp3) is 0.429. The molecule has 1 aromatic heterocycles. The van der Waals surface area contributed by atoms with Crippen molar-refractivity contribution in [3.05, 3.63) is 71.5 Å². The van der Waals surface area contributed by atoms with Crippen LogP contribution in [0.2, 0.25) is 0 Å². The van der Waals surface area contributed by atoms with Crippen molar-refractivity contribution in [1.29, 1.82) is 0 Å². The number of carbonyl (C=O) groups is 1. The Kier molecular flexibility index (Phi) is 4.10. The van der Waals surface area contributed by atoms with Gasteiger partial charge in [-0.05, 0) is 43.5 Å².